The number of hydrogen-bond donors (Lipinski definition) is 0. The van der Waals surface area contributed by atoms with Crippen LogP contribution in [0.3, 0.4) is 0 Å². The van der Waals surface area contributed by atoms with Crippen molar-refractivity contribution in [3.05, 3.63) is 240 Å². The molecule has 440 valence electrons. The molecule has 11 aromatic rings. The van der Waals surface area contributed by atoms with Gasteiger partial charge in [0.05, 0.1) is 22.3 Å². The fraction of sp³-hybridized carbons (Fsp3) is 0.195. The Morgan fingerprint density at radius 2 is 0.626 bits per heavy atom. The predicted molar refractivity (Wildman–Crippen MR) is 389 cm³/mol. The fourth-order valence-electron chi connectivity index (χ4n) is 16.3. The summed E-state index contributed by atoms with van der Waals surface area (Å²) >= 11 is 0. The van der Waals surface area contributed by atoms with Gasteiger partial charge in [-0.25, -0.2) is 0 Å². The Hall–Kier alpha value is -9.59. The highest BCUT2D eigenvalue weighted by Crippen LogP contribution is 2.60. The van der Waals surface area contributed by atoms with E-state index in [1.54, 1.807) is 24.3 Å². The molecule has 9 heteroatoms. The molecule has 0 radical (unpaired) electrons. The third-order valence-corrected chi connectivity index (χ3v) is 20.4. The molecule has 7 heterocycles. The second kappa shape index (κ2) is 18.5. The maximum absolute atomic E-state index is 9.53. The van der Waals surface area contributed by atoms with Crippen LogP contribution in [0.25, 0.3) is 0 Å². The maximum Gasteiger partial charge on any atom is 0.252 e. The van der Waals surface area contributed by atoms with Crippen molar-refractivity contribution in [1.29, 1.82) is 0 Å². The zero-order chi connectivity index (χ0) is 69.1. The number of benzene rings is 11. The van der Waals surface area contributed by atoms with E-state index in [-0.39, 0.29) is 76.7 Å². The number of ether oxygens (including phenoxy) is 1. The van der Waals surface area contributed by atoms with Crippen LogP contribution in [0.2, 0.25) is 0 Å². The van der Waals surface area contributed by atoms with E-state index in [1.807, 2.05) is 48.5 Å². The molecule has 0 spiro atoms. The van der Waals surface area contributed by atoms with Crippen LogP contribution < -0.4 is 78.4 Å². The van der Waals surface area contributed by atoms with Gasteiger partial charge in [-0.1, -0.05) is 216 Å². The van der Waals surface area contributed by atoms with Crippen LogP contribution >= 0.6 is 0 Å². The van der Waals surface area contributed by atoms with E-state index in [4.69, 9.17) is 7.48 Å². The Morgan fingerprint density at radius 3 is 1.01 bits per heavy atom. The highest BCUT2D eigenvalue weighted by Gasteiger charge is 2.56. The van der Waals surface area contributed by atoms with Gasteiger partial charge in [-0.2, -0.15) is 0 Å². The molecule has 0 aliphatic carbocycles. The van der Waals surface area contributed by atoms with Crippen molar-refractivity contribution in [1.82, 2.24) is 0 Å². The lowest BCUT2D eigenvalue weighted by Crippen LogP contribution is -2.70. The van der Waals surface area contributed by atoms with Gasteiger partial charge >= 0.3 is 0 Å². The van der Waals surface area contributed by atoms with E-state index in [1.165, 1.54) is 0 Å². The first-order valence-electron chi connectivity index (χ1n) is 36.1. The molecule has 0 unspecified atom stereocenters. The van der Waals surface area contributed by atoms with Crippen molar-refractivity contribution in [2.75, 3.05) is 24.5 Å². The number of fused-ring (bicyclic) bond motifs is 10. The van der Waals surface area contributed by atoms with Crippen LogP contribution in [-0.2, 0) is 21.7 Å². The largest absolute Gasteiger partial charge is 0.452 e. The van der Waals surface area contributed by atoms with Gasteiger partial charge in [0.1, 0.15) is 0 Å². The number of rotatable bonds is 4. The van der Waals surface area contributed by atoms with Crippen LogP contribution in [0.15, 0.2) is 218 Å². The number of hydrogen-bond acceptors (Lipinski definition) is 6. The van der Waals surface area contributed by atoms with Crippen LogP contribution in [0.5, 0.6) is 11.5 Å². The Balaban J connectivity index is 1.02. The Bertz CT molecular complexity index is 5410. The Kier molecular flexibility index (Phi) is 9.47. The van der Waals surface area contributed by atoms with Crippen LogP contribution in [0, 0.1) is 0 Å². The lowest BCUT2D eigenvalue weighted by atomic mass is 9.27. The minimum Gasteiger partial charge on any atom is -0.452 e. The molecule has 11 aromatic carbocycles. The van der Waals surface area contributed by atoms with Gasteiger partial charge in [-0.15, -0.1) is 0 Å². The monoisotopic (exact) mass is 1180 g/mol. The van der Waals surface area contributed by atoms with Crippen molar-refractivity contribution in [3.8, 4) is 11.5 Å². The molecule has 91 heavy (non-hydrogen) atoms. The summed E-state index contributed by atoms with van der Waals surface area (Å²) in [7, 11) is 0. The van der Waals surface area contributed by atoms with Gasteiger partial charge < -0.3 is 29.2 Å². The molecule has 0 bridgehead atoms. The zero-order valence-electron chi connectivity index (χ0n) is 61.5. The Morgan fingerprint density at radius 1 is 0.286 bits per heavy atom. The summed E-state index contributed by atoms with van der Waals surface area (Å²) in [5, 5.41) is 0. The molecule has 7 aliphatic heterocycles. The summed E-state index contributed by atoms with van der Waals surface area (Å²) in [5.74, 6) is 1.63. The standard InChI is InChI=1S/C82H72B3N5O/c1-79(2,3)49-37-41-58-65(44-49)86(51-26-17-13-18-27-51)63-34-25-35-64-71(63)84(58)61-46-62-68(47-67(61)87(64)52-28-19-14-20-29-52)89(54-32-23-16-24-33-54)70-48-69-72-76-73(70)85(62)60-43-39-56(82(10,11)12)78-75(60)90(76)74-59(42-38-55(77(74)91-78)81(7,8)9)83(72)57-40-36-50(80(4,5)6)45-66(57)88(69)53-30-21-15-22-31-53/h13-48H,1-12H3/i17D,18D,19D,20D,21D,22D,23D,24D. The van der Waals surface area contributed by atoms with Gasteiger partial charge in [-0.05, 0) is 167 Å². The van der Waals surface area contributed by atoms with Gasteiger partial charge in [0.25, 0.3) is 20.1 Å². The summed E-state index contributed by atoms with van der Waals surface area (Å²) in [4.78, 5) is 11.6. The lowest BCUT2D eigenvalue weighted by Gasteiger charge is -2.53. The molecular formula is C82H72B3N5O. The third kappa shape index (κ3) is 7.52. The molecule has 0 fully saturated rings. The van der Waals surface area contributed by atoms with Gasteiger partial charge in [0.2, 0.25) is 0 Å². The molecular weight excluding hydrogens is 1100 g/mol. The number of nitrogens with zero attached hydrogens (tertiary/aromatic N) is 5. The number of para-hydroxylation sites is 4. The predicted octanol–water partition coefficient (Wildman–Crippen LogP) is 15.8. The van der Waals surface area contributed by atoms with Crippen molar-refractivity contribution >= 4 is 155 Å². The van der Waals surface area contributed by atoms with Gasteiger partial charge in [-0.3, -0.25) is 0 Å². The topological polar surface area (TPSA) is 25.4 Å². The zero-order valence-corrected chi connectivity index (χ0v) is 53.5. The highest BCUT2D eigenvalue weighted by atomic mass is 16.5. The second-order valence-corrected chi connectivity index (χ2v) is 29.9. The third-order valence-electron chi connectivity index (χ3n) is 20.4. The van der Waals surface area contributed by atoms with E-state index in [9.17, 15) is 8.22 Å². The first-order chi connectivity index (χ1) is 46.9. The smallest absolute Gasteiger partial charge is 0.252 e. The molecule has 0 atom stereocenters. The normalized spacial score (nSPS) is 16.2. The Labute approximate surface area is 548 Å². The lowest BCUT2D eigenvalue weighted by molar-refractivity contribution is 0.433. The molecule has 0 saturated carbocycles. The van der Waals surface area contributed by atoms with Crippen LogP contribution in [0.1, 0.15) is 116 Å². The van der Waals surface area contributed by atoms with Gasteiger partial charge in [0.15, 0.2) is 11.5 Å². The minimum absolute atomic E-state index is 0.184. The molecule has 0 aromatic heterocycles. The molecule has 6 nitrogen and oxygen atoms in total. The molecule has 0 amide bonds. The summed E-state index contributed by atoms with van der Waals surface area (Å²) in [6.45, 7) is 25.8. The summed E-state index contributed by atoms with van der Waals surface area (Å²) < 4.78 is 82.3. The minimum atomic E-state index is -0.474. The van der Waals surface area contributed by atoms with Crippen molar-refractivity contribution in [2.24, 2.45) is 0 Å². The van der Waals surface area contributed by atoms with Crippen molar-refractivity contribution in [2.45, 2.75) is 105 Å². The van der Waals surface area contributed by atoms with E-state index in [0.29, 0.717) is 22.7 Å². The fourth-order valence-corrected chi connectivity index (χ4v) is 16.3. The van der Waals surface area contributed by atoms with Crippen LogP contribution in [0.4, 0.5) is 85.3 Å². The molecule has 7 aliphatic rings. The summed E-state index contributed by atoms with van der Waals surface area (Å²) in [6, 6.07) is 59.2. The summed E-state index contributed by atoms with van der Waals surface area (Å²) in [5.41, 5.74) is 25.3. The van der Waals surface area contributed by atoms with Crippen LogP contribution in [-0.4, -0.2) is 20.1 Å². The molecule has 0 N–H and O–H groups in total. The first kappa shape index (κ1) is 46.5. The average Bonchev–Trinajstić information content (AvgIpc) is 0.656. The molecule has 0 saturated heterocycles. The average molecular weight is 1180 g/mol. The second-order valence-electron chi connectivity index (χ2n) is 29.9. The quantitative estimate of drug-likeness (QED) is 0.163. The highest BCUT2D eigenvalue weighted by molar-refractivity contribution is 7.06. The summed E-state index contributed by atoms with van der Waals surface area (Å²) in [6.07, 6.45) is 0. The van der Waals surface area contributed by atoms with E-state index in [0.717, 1.165) is 145 Å². The van der Waals surface area contributed by atoms with E-state index in [2.05, 4.69) is 205 Å². The maximum atomic E-state index is 9.53. The van der Waals surface area contributed by atoms with Crippen molar-refractivity contribution in [3.63, 3.8) is 0 Å². The van der Waals surface area contributed by atoms with Gasteiger partial charge in [0, 0.05) is 85.1 Å². The van der Waals surface area contributed by atoms with E-state index < -0.39 is 13.4 Å². The SMILES string of the molecule is [2H]c1cc([2H])cc(N2c3cc(C(C)(C)C)ccc3B3c4cc5c(cc4N(c4cc([2H])cc([2H])c4)c4cccc2c43)N(c2cc([2H])cc([2H])c2)c2cc3c4c6c2B5c2ccc(C(C)(C)C)c5c2N6c2c(ccc(C(C)(C)C)c2O5)B4c2ccc(C(C)(C)C)cc2N3c2cc([2H])cc([2H])c2)c1. The first-order valence-corrected chi connectivity index (χ1v) is 32.1. The molecule has 18 rings (SSSR count). The van der Waals surface area contributed by atoms with E-state index >= 15 is 0 Å². The van der Waals surface area contributed by atoms with Crippen molar-refractivity contribution < 1.29 is 15.7 Å². The number of anilines is 15.